The van der Waals surface area contributed by atoms with E-state index in [1.165, 1.54) is 16.5 Å². The highest BCUT2D eigenvalue weighted by molar-refractivity contribution is 5.83. The molecule has 1 unspecified atom stereocenters. The summed E-state index contributed by atoms with van der Waals surface area (Å²) in [6.07, 6.45) is 6.43. The predicted molar refractivity (Wildman–Crippen MR) is 61.5 cm³/mol. The van der Waals surface area contributed by atoms with Crippen LogP contribution in [0.3, 0.4) is 0 Å². The van der Waals surface area contributed by atoms with Gasteiger partial charge in [0.2, 0.25) is 0 Å². The Hall–Kier alpha value is -1.50. The Labute approximate surface area is 84.5 Å². The number of hydrogen-bond donors (Lipinski definition) is 1. The highest BCUT2D eigenvalue weighted by atomic mass is 14.7. The molecule has 1 atom stereocenters. The zero-order valence-electron chi connectivity index (χ0n) is 8.62. The Balaban J connectivity index is 2.52. The van der Waals surface area contributed by atoms with Crippen molar-refractivity contribution >= 4 is 10.9 Å². The summed E-state index contributed by atoms with van der Waals surface area (Å²) in [5.74, 6) is 0.483. The van der Waals surface area contributed by atoms with Crippen molar-refractivity contribution in [1.82, 2.24) is 4.98 Å². The highest BCUT2D eigenvalue weighted by Gasteiger charge is 2.06. The molecule has 0 fully saturated rings. The molecule has 14 heavy (non-hydrogen) atoms. The molecular weight excluding hydrogens is 170 g/mol. The molecule has 1 aromatic carbocycles. The van der Waals surface area contributed by atoms with E-state index in [-0.39, 0.29) is 0 Å². The first-order valence-electron chi connectivity index (χ1n) is 5.01. The molecular formula is C13H15N. The second-order valence-electron chi connectivity index (χ2n) is 3.60. The summed E-state index contributed by atoms with van der Waals surface area (Å²) in [6.45, 7) is 4.28. The largest absolute Gasteiger partial charge is 0.361 e. The van der Waals surface area contributed by atoms with Crippen LogP contribution in [0.15, 0.2) is 42.6 Å². The van der Waals surface area contributed by atoms with Crippen LogP contribution in [0.1, 0.15) is 25.3 Å². The van der Waals surface area contributed by atoms with Crippen LogP contribution in [0.2, 0.25) is 0 Å². The number of nitrogens with one attached hydrogen (secondary N) is 1. The van der Waals surface area contributed by atoms with Crippen LogP contribution in [0, 0.1) is 0 Å². The Morgan fingerprint density at radius 1 is 1.29 bits per heavy atom. The van der Waals surface area contributed by atoms with Crippen molar-refractivity contribution in [2.24, 2.45) is 0 Å². The second-order valence-corrected chi connectivity index (χ2v) is 3.60. The van der Waals surface area contributed by atoms with Gasteiger partial charge < -0.3 is 4.98 Å². The van der Waals surface area contributed by atoms with Gasteiger partial charge in [-0.15, -0.1) is 0 Å². The average Bonchev–Trinajstić information content (AvgIpc) is 2.61. The van der Waals surface area contributed by atoms with Crippen molar-refractivity contribution in [3.8, 4) is 0 Å². The first kappa shape index (κ1) is 9.07. The lowest BCUT2D eigenvalue weighted by atomic mass is 10.0. The van der Waals surface area contributed by atoms with Gasteiger partial charge >= 0.3 is 0 Å². The molecule has 0 saturated heterocycles. The fraction of sp³-hybridized carbons (Fsp3) is 0.231. The molecule has 0 aliphatic rings. The van der Waals surface area contributed by atoms with E-state index in [1.807, 2.05) is 0 Å². The third-order valence-electron chi connectivity index (χ3n) is 2.59. The predicted octanol–water partition coefficient (Wildman–Crippen LogP) is 3.85. The minimum absolute atomic E-state index is 0.483. The molecule has 0 spiro atoms. The maximum absolute atomic E-state index is 3.29. The van der Waals surface area contributed by atoms with Crippen LogP contribution in [0.5, 0.6) is 0 Å². The van der Waals surface area contributed by atoms with Gasteiger partial charge in [0.05, 0.1) is 0 Å². The second kappa shape index (κ2) is 3.70. The van der Waals surface area contributed by atoms with Crippen LogP contribution < -0.4 is 0 Å². The fourth-order valence-electron chi connectivity index (χ4n) is 1.86. The zero-order chi connectivity index (χ0) is 9.97. The monoisotopic (exact) mass is 185 g/mol. The number of hydrogen-bond acceptors (Lipinski definition) is 0. The number of aromatic nitrogens is 1. The van der Waals surface area contributed by atoms with Crippen molar-refractivity contribution in [3.05, 3.63) is 48.2 Å². The van der Waals surface area contributed by atoms with E-state index in [4.69, 9.17) is 0 Å². The summed E-state index contributed by atoms with van der Waals surface area (Å²) >= 11 is 0. The van der Waals surface area contributed by atoms with Crippen LogP contribution in [-0.4, -0.2) is 4.98 Å². The van der Waals surface area contributed by atoms with E-state index in [9.17, 15) is 0 Å². The number of benzene rings is 1. The van der Waals surface area contributed by atoms with Gasteiger partial charge in [-0.2, -0.15) is 0 Å². The molecule has 2 aromatic rings. The molecule has 72 valence electrons. The Morgan fingerprint density at radius 3 is 2.86 bits per heavy atom. The Kier molecular flexibility index (Phi) is 2.40. The molecule has 0 aliphatic heterocycles. The summed E-state index contributed by atoms with van der Waals surface area (Å²) in [4.78, 5) is 3.29. The maximum Gasteiger partial charge on any atom is 0.0457 e. The van der Waals surface area contributed by atoms with Crippen LogP contribution >= 0.6 is 0 Å². The molecule has 1 nitrogen and oxygen atoms in total. The lowest BCUT2D eigenvalue weighted by molar-refractivity contribution is 0.976. The molecule has 2 rings (SSSR count). The Bertz CT molecular complexity index is 451. The first-order valence-corrected chi connectivity index (χ1v) is 5.01. The molecule has 0 radical (unpaired) electrons. The maximum atomic E-state index is 3.29. The van der Waals surface area contributed by atoms with Crippen molar-refractivity contribution in [2.45, 2.75) is 19.8 Å². The number of fused-ring (bicyclic) bond motifs is 1. The smallest absolute Gasteiger partial charge is 0.0457 e. The van der Waals surface area contributed by atoms with Gasteiger partial charge in [-0.3, -0.25) is 0 Å². The van der Waals surface area contributed by atoms with Crippen molar-refractivity contribution in [2.75, 3.05) is 0 Å². The van der Waals surface area contributed by atoms with E-state index in [2.05, 4.69) is 61.4 Å². The number of rotatable bonds is 2. The minimum atomic E-state index is 0.483. The molecule has 1 N–H and O–H groups in total. The average molecular weight is 185 g/mol. The lowest BCUT2D eigenvalue weighted by Gasteiger charge is -2.03. The van der Waals surface area contributed by atoms with Gasteiger partial charge in [0.15, 0.2) is 0 Å². The van der Waals surface area contributed by atoms with Gasteiger partial charge in [0, 0.05) is 23.0 Å². The lowest BCUT2D eigenvalue weighted by Crippen LogP contribution is -1.85. The van der Waals surface area contributed by atoms with E-state index in [0.717, 1.165) is 0 Å². The molecule has 0 amide bonds. The van der Waals surface area contributed by atoms with Gasteiger partial charge in [-0.25, -0.2) is 0 Å². The number of para-hydroxylation sites is 1. The number of aromatic amines is 1. The molecule has 0 saturated carbocycles. The summed E-state index contributed by atoms with van der Waals surface area (Å²) in [6, 6.07) is 8.42. The van der Waals surface area contributed by atoms with Gasteiger partial charge in [0.1, 0.15) is 0 Å². The Morgan fingerprint density at radius 2 is 2.07 bits per heavy atom. The third-order valence-corrected chi connectivity index (χ3v) is 2.59. The molecule has 1 heteroatoms. The topological polar surface area (TPSA) is 15.8 Å². The normalized spacial score (nSPS) is 13.9. The molecule has 1 aromatic heterocycles. The molecule has 0 aliphatic carbocycles. The van der Waals surface area contributed by atoms with E-state index >= 15 is 0 Å². The fourth-order valence-corrected chi connectivity index (χ4v) is 1.86. The SMILES string of the molecule is C/C=C/C(C)c1c[nH]c2ccccc12. The van der Waals surface area contributed by atoms with Crippen molar-refractivity contribution in [3.63, 3.8) is 0 Å². The summed E-state index contributed by atoms with van der Waals surface area (Å²) in [7, 11) is 0. The molecule has 1 heterocycles. The summed E-state index contributed by atoms with van der Waals surface area (Å²) in [5.41, 5.74) is 2.59. The molecule has 0 bridgehead atoms. The zero-order valence-corrected chi connectivity index (χ0v) is 8.62. The number of allylic oxidation sites excluding steroid dienone is 2. The first-order chi connectivity index (χ1) is 6.83. The van der Waals surface area contributed by atoms with Gasteiger partial charge in [0.25, 0.3) is 0 Å². The van der Waals surface area contributed by atoms with Crippen LogP contribution in [-0.2, 0) is 0 Å². The minimum Gasteiger partial charge on any atom is -0.361 e. The standard InChI is InChI=1S/C13H15N/c1-3-6-10(2)12-9-14-13-8-5-4-7-11(12)13/h3-10,14H,1-2H3/b6-3+. The van der Waals surface area contributed by atoms with Crippen molar-refractivity contribution < 1.29 is 0 Å². The van der Waals surface area contributed by atoms with Crippen molar-refractivity contribution in [1.29, 1.82) is 0 Å². The number of H-pyrrole nitrogens is 1. The van der Waals surface area contributed by atoms with Gasteiger partial charge in [-0.1, -0.05) is 37.3 Å². The summed E-state index contributed by atoms with van der Waals surface area (Å²) < 4.78 is 0. The van der Waals surface area contributed by atoms with Crippen LogP contribution in [0.25, 0.3) is 10.9 Å². The van der Waals surface area contributed by atoms with E-state index in [1.54, 1.807) is 0 Å². The van der Waals surface area contributed by atoms with Gasteiger partial charge in [-0.05, 0) is 18.6 Å². The van der Waals surface area contributed by atoms with E-state index < -0.39 is 0 Å². The third kappa shape index (κ3) is 1.46. The highest BCUT2D eigenvalue weighted by Crippen LogP contribution is 2.25. The summed E-state index contributed by atoms with van der Waals surface area (Å²) in [5, 5.41) is 1.33. The quantitative estimate of drug-likeness (QED) is 0.684. The van der Waals surface area contributed by atoms with E-state index in [0.29, 0.717) is 5.92 Å². The van der Waals surface area contributed by atoms with Crippen LogP contribution in [0.4, 0.5) is 0 Å².